The molecule has 4 heteroatoms. The number of carbonyl (C=O) groups is 1. The molecule has 1 atom stereocenters. The van der Waals surface area contributed by atoms with Crippen molar-refractivity contribution in [3.63, 3.8) is 0 Å². The van der Waals surface area contributed by atoms with Crippen molar-refractivity contribution < 1.29 is 14.3 Å². The van der Waals surface area contributed by atoms with E-state index in [-0.39, 0.29) is 18.4 Å². The second-order valence-electron chi connectivity index (χ2n) is 4.02. The number of carboxylic acid groups (broad SMARTS) is 1. The molecule has 0 aliphatic carbocycles. The summed E-state index contributed by atoms with van der Waals surface area (Å²) in [5.41, 5.74) is 0.932. The summed E-state index contributed by atoms with van der Waals surface area (Å²) in [5, 5.41) is 11.6. The highest BCUT2D eigenvalue weighted by molar-refractivity contribution is 5.69. The van der Waals surface area contributed by atoms with Gasteiger partial charge in [-0.15, -0.1) is 0 Å². The van der Waals surface area contributed by atoms with Gasteiger partial charge in [-0.2, -0.15) is 0 Å². The molecule has 0 amide bonds. The van der Waals surface area contributed by atoms with Crippen molar-refractivity contribution >= 4 is 5.97 Å². The maximum atomic E-state index is 12.8. The van der Waals surface area contributed by atoms with E-state index < -0.39 is 5.97 Å². The van der Waals surface area contributed by atoms with Gasteiger partial charge in [-0.25, -0.2) is 4.39 Å². The molecule has 0 heterocycles. The highest BCUT2D eigenvalue weighted by Gasteiger charge is 2.11. The Labute approximate surface area is 101 Å². The van der Waals surface area contributed by atoms with E-state index >= 15 is 0 Å². The Morgan fingerprint density at radius 1 is 1.41 bits per heavy atom. The van der Waals surface area contributed by atoms with Crippen molar-refractivity contribution in [3.05, 3.63) is 35.6 Å². The largest absolute Gasteiger partial charge is 0.480 e. The zero-order chi connectivity index (χ0) is 12.7. The SMILES string of the molecule is CCCCC(NCC(=O)O)c1ccc(F)cc1. The van der Waals surface area contributed by atoms with Crippen molar-refractivity contribution in [1.29, 1.82) is 0 Å². The average molecular weight is 239 g/mol. The lowest BCUT2D eigenvalue weighted by molar-refractivity contribution is -0.136. The molecule has 0 aromatic heterocycles. The van der Waals surface area contributed by atoms with Crippen molar-refractivity contribution in [1.82, 2.24) is 5.32 Å². The Kier molecular flexibility index (Phi) is 5.63. The summed E-state index contributed by atoms with van der Waals surface area (Å²) in [6.45, 7) is 2.00. The standard InChI is InChI=1S/C13H18FNO2/c1-2-3-4-12(15-9-13(16)17)10-5-7-11(14)8-6-10/h5-8,12,15H,2-4,9H2,1H3,(H,16,17). The van der Waals surface area contributed by atoms with Gasteiger partial charge in [-0.3, -0.25) is 4.79 Å². The summed E-state index contributed by atoms with van der Waals surface area (Å²) in [6.07, 6.45) is 2.91. The minimum atomic E-state index is -0.881. The van der Waals surface area contributed by atoms with Gasteiger partial charge in [-0.05, 0) is 24.1 Å². The second kappa shape index (κ2) is 7.01. The summed E-state index contributed by atoms with van der Waals surface area (Å²) in [4.78, 5) is 10.5. The van der Waals surface area contributed by atoms with Crippen molar-refractivity contribution in [2.75, 3.05) is 6.54 Å². The molecule has 17 heavy (non-hydrogen) atoms. The fourth-order valence-corrected chi connectivity index (χ4v) is 1.70. The van der Waals surface area contributed by atoms with Crippen LogP contribution in [0.4, 0.5) is 4.39 Å². The van der Waals surface area contributed by atoms with Crippen LogP contribution in [0, 0.1) is 5.82 Å². The molecule has 0 spiro atoms. The molecule has 0 saturated carbocycles. The van der Waals surface area contributed by atoms with Gasteiger partial charge < -0.3 is 10.4 Å². The Hall–Kier alpha value is -1.42. The fraction of sp³-hybridized carbons (Fsp3) is 0.462. The Bertz CT molecular complexity index is 351. The van der Waals surface area contributed by atoms with E-state index in [1.165, 1.54) is 12.1 Å². The first-order valence-electron chi connectivity index (χ1n) is 5.84. The summed E-state index contributed by atoms with van der Waals surface area (Å²) in [5.74, 6) is -1.16. The van der Waals surface area contributed by atoms with Crippen LogP contribution in [0.2, 0.25) is 0 Å². The lowest BCUT2D eigenvalue weighted by Crippen LogP contribution is -2.27. The lowest BCUT2D eigenvalue weighted by atomic mass is 10.0. The van der Waals surface area contributed by atoms with Crippen LogP contribution in [0.5, 0.6) is 0 Å². The molecule has 1 unspecified atom stereocenters. The third-order valence-corrected chi connectivity index (χ3v) is 2.62. The number of carboxylic acids is 1. The van der Waals surface area contributed by atoms with Crippen LogP contribution >= 0.6 is 0 Å². The van der Waals surface area contributed by atoms with Crippen LogP contribution in [0.15, 0.2) is 24.3 Å². The molecular formula is C13H18FNO2. The highest BCUT2D eigenvalue weighted by Crippen LogP contribution is 2.19. The van der Waals surface area contributed by atoms with Crippen LogP contribution in [0.1, 0.15) is 37.8 Å². The number of aliphatic carboxylic acids is 1. The number of unbranched alkanes of at least 4 members (excludes halogenated alkanes) is 1. The summed E-state index contributed by atoms with van der Waals surface area (Å²) < 4.78 is 12.8. The number of nitrogens with one attached hydrogen (secondary N) is 1. The first-order chi connectivity index (χ1) is 8.13. The van der Waals surface area contributed by atoms with Crippen molar-refractivity contribution in [2.24, 2.45) is 0 Å². The van der Waals surface area contributed by atoms with E-state index in [2.05, 4.69) is 12.2 Å². The van der Waals surface area contributed by atoms with Crippen LogP contribution < -0.4 is 5.32 Å². The Morgan fingerprint density at radius 2 is 2.06 bits per heavy atom. The number of halogens is 1. The Balaban J connectivity index is 2.67. The lowest BCUT2D eigenvalue weighted by Gasteiger charge is -2.17. The third kappa shape index (κ3) is 4.95. The van der Waals surface area contributed by atoms with Gasteiger partial charge >= 0.3 is 5.97 Å². The number of rotatable bonds is 7. The molecule has 1 aromatic rings. The minimum absolute atomic E-state index is 0.0216. The van der Waals surface area contributed by atoms with E-state index in [1.807, 2.05) is 0 Å². The predicted octanol–water partition coefficient (Wildman–Crippen LogP) is 2.73. The predicted molar refractivity (Wildman–Crippen MR) is 64.3 cm³/mol. The number of benzene rings is 1. The summed E-state index contributed by atoms with van der Waals surface area (Å²) >= 11 is 0. The average Bonchev–Trinajstić information content (AvgIpc) is 2.30. The van der Waals surface area contributed by atoms with Gasteiger partial charge in [0.1, 0.15) is 5.82 Å². The molecular weight excluding hydrogens is 221 g/mol. The molecule has 2 N–H and O–H groups in total. The minimum Gasteiger partial charge on any atom is -0.480 e. The molecule has 0 aliphatic heterocycles. The van der Waals surface area contributed by atoms with E-state index in [9.17, 15) is 9.18 Å². The van der Waals surface area contributed by atoms with Gasteiger partial charge in [-0.1, -0.05) is 31.9 Å². The molecule has 0 bridgehead atoms. The van der Waals surface area contributed by atoms with Gasteiger partial charge in [0.15, 0.2) is 0 Å². The molecule has 1 rings (SSSR count). The highest BCUT2D eigenvalue weighted by atomic mass is 19.1. The molecule has 3 nitrogen and oxygen atoms in total. The van der Waals surface area contributed by atoms with E-state index in [0.717, 1.165) is 24.8 Å². The molecule has 0 saturated heterocycles. The first kappa shape index (κ1) is 13.6. The van der Waals surface area contributed by atoms with Gasteiger partial charge in [0.25, 0.3) is 0 Å². The van der Waals surface area contributed by atoms with Crippen LogP contribution in [-0.4, -0.2) is 17.6 Å². The van der Waals surface area contributed by atoms with Crippen LogP contribution in [0.25, 0.3) is 0 Å². The smallest absolute Gasteiger partial charge is 0.317 e. The van der Waals surface area contributed by atoms with E-state index in [0.29, 0.717) is 0 Å². The van der Waals surface area contributed by atoms with Gasteiger partial charge in [0.05, 0.1) is 6.54 Å². The van der Waals surface area contributed by atoms with Crippen LogP contribution in [-0.2, 0) is 4.79 Å². The van der Waals surface area contributed by atoms with Crippen molar-refractivity contribution in [2.45, 2.75) is 32.2 Å². The van der Waals surface area contributed by atoms with E-state index in [4.69, 9.17) is 5.11 Å². The molecule has 94 valence electrons. The maximum Gasteiger partial charge on any atom is 0.317 e. The molecule has 0 fully saturated rings. The van der Waals surface area contributed by atoms with Crippen LogP contribution in [0.3, 0.4) is 0 Å². The zero-order valence-electron chi connectivity index (χ0n) is 9.95. The molecule has 0 radical (unpaired) electrons. The molecule has 1 aromatic carbocycles. The number of hydrogen-bond acceptors (Lipinski definition) is 2. The summed E-state index contributed by atoms with van der Waals surface area (Å²) in [7, 11) is 0. The van der Waals surface area contributed by atoms with Gasteiger partial charge in [0, 0.05) is 6.04 Å². The number of hydrogen-bond donors (Lipinski definition) is 2. The van der Waals surface area contributed by atoms with Crippen molar-refractivity contribution in [3.8, 4) is 0 Å². The maximum absolute atomic E-state index is 12.8. The first-order valence-corrected chi connectivity index (χ1v) is 5.84. The van der Waals surface area contributed by atoms with Gasteiger partial charge in [0.2, 0.25) is 0 Å². The zero-order valence-corrected chi connectivity index (χ0v) is 9.95. The summed E-state index contributed by atoms with van der Waals surface area (Å²) in [6, 6.07) is 6.18. The molecule has 0 aliphatic rings. The monoisotopic (exact) mass is 239 g/mol. The Morgan fingerprint density at radius 3 is 2.59 bits per heavy atom. The fourth-order valence-electron chi connectivity index (χ4n) is 1.70. The van der Waals surface area contributed by atoms with E-state index in [1.54, 1.807) is 12.1 Å². The third-order valence-electron chi connectivity index (χ3n) is 2.62. The topological polar surface area (TPSA) is 49.3 Å². The quantitative estimate of drug-likeness (QED) is 0.769. The normalized spacial score (nSPS) is 12.4. The second-order valence-corrected chi connectivity index (χ2v) is 4.02.